The van der Waals surface area contributed by atoms with Crippen molar-refractivity contribution in [2.24, 2.45) is 0 Å². The van der Waals surface area contributed by atoms with E-state index in [1.54, 1.807) is 11.3 Å². The van der Waals surface area contributed by atoms with E-state index in [9.17, 15) is 4.79 Å². The molecule has 2 heterocycles. The molecule has 4 nitrogen and oxygen atoms in total. The molecule has 2 aromatic rings. The van der Waals surface area contributed by atoms with Crippen LogP contribution in [0.1, 0.15) is 50.0 Å². The standard InChI is InChI=1S/C19H27N3OS/c1-2-3-6-11-20-18(23)14-22-12-7-8-15(13-22)19-21-16-9-4-5-10-17(16)24-19/h4-5,9-10,15H,2-3,6-8,11-14H2,1H3,(H,20,23)/t15-/m1/s1. The summed E-state index contributed by atoms with van der Waals surface area (Å²) in [5.41, 5.74) is 1.10. The van der Waals surface area contributed by atoms with Crippen molar-refractivity contribution < 1.29 is 4.79 Å². The number of piperidine rings is 1. The lowest BCUT2D eigenvalue weighted by Gasteiger charge is -2.31. The van der Waals surface area contributed by atoms with E-state index < -0.39 is 0 Å². The van der Waals surface area contributed by atoms with Crippen molar-refractivity contribution in [3.63, 3.8) is 0 Å². The zero-order valence-electron chi connectivity index (χ0n) is 14.5. The Morgan fingerprint density at radius 2 is 2.25 bits per heavy atom. The molecular weight excluding hydrogens is 318 g/mol. The summed E-state index contributed by atoms with van der Waals surface area (Å²) < 4.78 is 1.26. The molecule has 0 spiro atoms. The molecular formula is C19H27N3OS. The van der Waals surface area contributed by atoms with Crippen LogP contribution in [-0.4, -0.2) is 42.0 Å². The van der Waals surface area contributed by atoms with Crippen LogP contribution in [0.15, 0.2) is 24.3 Å². The number of nitrogens with zero attached hydrogens (tertiary/aromatic N) is 2. The van der Waals surface area contributed by atoms with Crippen LogP contribution in [-0.2, 0) is 4.79 Å². The van der Waals surface area contributed by atoms with E-state index >= 15 is 0 Å². The van der Waals surface area contributed by atoms with Gasteiger partial charge in [0.05, 0.1) is 21.8 Å². The molecule has 0 saturated carbocycles. The maximum atomic E-state index is 12.1. The van der Waals surface area contributed by atoms with Gasteiger partial charge in [0.15, 0.2) is 0 Å². The lowest BCUT2D eigenvalue weighted by atomic mass is 9.99. The van der Waals surface area contributed by atoms with E-state index in [0.29, 0.717) is 12.5 Å². The minimum atomic E-state index is 0.163. The third kappa shape index (κ3) is 4.54. The first-order chi connectivity index (χ1) is 11.8. The maximum absolute atomic E-state index is 12.1. The number of hydrogen-bond acceptors (Lipinski definition) is 4. The molecule has 1 atom stereocenters. The van der Waals surface area contributed by atoms with Gasteiger partial charge in [-0.1, -0.05) is 31.9 Å². The highest BCUT2D eigenvalue weighted by Crippen LogP contribution is 2.32. The molecule has 1 aromatic heterocycles. The first kappa shape index (κ1) is 17.4. The van der Waals surface area contributed by atoms with Crippen molar-refractivity contribution in [2.45, 2.75) is 44.9 Å². The van der Waals surface area contributed by atoms with Gasteiger partial charge in [-0.2, -0.15) is 0 Å². The van der Waals surface area contributed by atoms with Crippen LogP contribution < -0.4 is 5.32 Å². The highest BCUT2D eigenvalue weighted by atomic mass is 32.1. The minimum absolute atomic E-state index is 0.163. The zero-order valence-corrected chi connectivity index (χ0v) is 15.3. The number of unbranched alkanes of at least 4 members (excludes halogenated alkanes) is 2. The third-order valence-corrected chi connectivity index (χ3v) is 5.83. The molecule has 0 bridgehead atoms. The summed E-state index contributed by atoms with van der Waals surface area (Å²) in [5.74, 6) is 0.625. The van der Waals surface area contributed by atoms with Gasteiger partial charge in [-0.25, -0.2) is 4.98 Å². The molecule has 1 N–H and O–H groups in total. The lowest BCUT2D eigenvalue weighted by molar-refractivity contribution is -0.122. The van der Waals surface area contributed by atoms with E-state index in [1.807, 2.05) is 6.07 Å². The fraction of sp³-hybridized carbons (Fsp3) is 0.579. The largest absolute Gasteiger partial charge is 0.355 e. The molecule has 1 fully saturated rings. The first-order valence-corrected chi connectivity index (χ1v) is 9.92. The summed E-state index contributed by atoms with van der Waals surface area (Å²) in [4.78, 5) is 19.2. The van der Waals surface area contributed by atoms with Gasteiger partial charge in [-0.3, -0.25) is 9.69 Å². The third-order valence-electron chi connectivity index (χ3n) is 4.63. The van der Waals surface area contributed by atoms with E-state index in [2.05, 4.69) is 35.3 Å². The van der Waals surface area contributed by atoms with E-state index in [-0.39, 0.29) is 5.91 Å². The molecule has 0 radical (unpaired) electrons. The number of carbonyl (C=O) groups is 1. The van der Waals surface area contributed by atoms with Crippen molar-refractivity contribution in [1.29, 1.82) is 0 Å². The molecule has 1 aliphatic heterocycles. The van der Waals surface area contributed by atoms with Gasteiger partial charge in [0.2, 0.25) is 5.91 Å². The number of para-hydroxylation sites is 1. The summed E-state index contributed by atoms with van der Waals surface area (Å²) >= 11 is 1.81. The van der Waals surface area contributed by atoms with Crippen LogP contribution in [0.5, 0.6) is 0 Å². The second-order valence-corrected chi connectivity index (χ2v) is 7.71. The summed E-state index contributed by atoms with van der Waals surface area (Å²) in [6.07, 6.45) is 5.77. The molecule has 0 unspecified atom stereocenters. The number of aromatic nitrogens is 1. The number of carbonyl (C=O) groups excluding carboxylic acids is 1. The molecule has 24 heavy (non-hydrogen) atoms. The number of rotatable bonds is 7. The number of hydrogen-bond donors (Lipinski definition) is 1. The van der Waals surface area contributed by atoms with Crippen LogP contribution in [0.25, 0.3) is 10.2 Å². The van der Waals surface area contributed by atoms with Crippen LogP contribution in [0.2, 0.25) is 0 Å². The van der Waals surface area contributed by atoms with Crippen molar-refractivity contribution in [1.82, 2.24) is 15.2 Å². The highest BCUT2D eigenvalue weighted by Gasteiger charge is 2.25. The molecule has 5 heteroatoms. The number of benzene rings is 1. The average molecular weight is 346 g/mol. The van der Waals surface area contributed by atoms with Crippen LogP contribution in [0, 0.1) is 0 Å². The second-order valence-electron chi connectivity index (χ2n) is 6.65. The first-order valence-electron chi connectivity index (χ1n) is 9.11. The Balaban J connectivity index is 1.53. The maximum Gasteiger partial charge on any atom is 0.234 e. The molecule has 0 aliphatic carbocycles. The average Bonchev–Trinajstić information content (AvgIpc) is 3.03. The number of fused-ring (bicyclic) bond motifs is 1. The minimum Gasteiger partial charge on any atom is -0.355 e. The SMILES string of the molecule is CCCCCNC(=O)CN1CCC[C@@H](c2nc3ccccc3s2)C1. The summed E-state index contributed by atoms with van der Waals surface area (Å²) in [6, 6.07) is 8.34. The predicted octanol–water partition coefficient (Wildman–Crippen LogP) is 3.78. The van der Waals surface area contributed by atoms with E-state index in [4.69, 9.17) is 4.98 Å². The Morgan fingerprint density at radius 1 is 1.38 bits per heavy atom. The normalized spacial score (nSPS) is 18.8. The molecule has 3 rings (SSSR count). The lowest BCUT2D eigenvalue weighted by Crippen LogP contribution is -2.42. The second kappa shape index (κ2) is 8.58. The Kier molecular flexibility index (Phi) is 6.21. The van der Waals surface area contributed by atoms with Crippen LogP contribution in [0.4, 0.5) is 0 Å². The van der Waals surface area contributed by atoms with Crippen molar-refractivity contribution in [2.75, 3.05) is 26.2 Å². The number of nitrogens with one attached hydrogen (secondary N) is 1. The fourth-order valence-corrected chi connectivity index (χ4v) is 4.42. The van der Waals surface area contributed by atoms with E-state index in [0.717, 1.165) is 38.0 Å². The molecule has 1 saturated heterocycles. The molecule has 1 aromatic carbocycles. The van der Waals surface area contributed by atoms with Gasteiger partial charge in [-0.15, -0.1) is 11.3 Å². The van der Waals surface area contributed by atoms with Gasteiger partial charge >= 0.3 is 0 Å². The summed E-state index contributed by atoms with van der Waals surface area (Å²) in [7, 11) is 0. The smallest absolute Gasteiger partial charge is 0.234 e. The Bertz CT molecular complexity index is 636. The van der Waals surface area contributed by atoms with Gasteiger partial charge in [0.25, 0.3) is 0 Å². The Labute approximate surface area is 148 Å². The fourth-order valence-electron chi connectivity index (χ4n) is 3.33. The van der Waals surface area contributed by atoms with Crippen LogP contribution in [0.3, 0.4) is 0 Å². The molecule has 1 aliphatic rings. The van der Waals surface area contributed by atoms with Crippen molar-refractivity contribution in [3.05, 3.63) is 29.3 Å². The molecule has 1 amide bonds. The van der Waals surface area contributed by atoms with Gasteiger partial charge < -0.3 is 5.32 Å². The Hall–Kier alpha value is -1.46. The summed E-state index contributed by atoms with van der Waals surface area (Å²) in [6.45, 7) is 5.47. The van der Waals surface area contributed by atoms with Crippen molar-refractivity contribution in [3.8, 4) is 0 Å². The molecule has 130 valence electrons. The quantitative estimate of drug-likeness (QED) is 0.777. The van der Waals surface area contributed by atoms with Crippen molar-refractivity contribution >= 4 is 27.5 Å². The van der Waals surface area contributed by atoms with Crippen LogP contribution >= 0.6 is 11.3 Å². The topological polar surface area (TPSA) is 45.2 Å². The van der Waals surface area contributed by atoms with Gasteiger partial charge in [0, 0.05) is 19.0 Å². The number of amides is 1. The van der Waals surface area contributed by atoms with Gasteiger partial charge in [-0.05, 0) is 37.9 Å². The monoisotopic (exact) mass is 345 g/mol. The van der Waals surface area contributed by atoms with Gasteiger partial charge in [0.1, 0.15) is 0 Å². The zero-order chi connectivity index (χ0) is 16.8. The summed E-state index contributed by atoms with van der Waals surface area (Å²) in [5, 5.41) is 4.27. The highest BCUT2D eigenvalue weighted by molar-refractivity contribution is 7.18. The Morgan fingerprint density at radius 3 is 3.08 bits per heavy atom. The number of thiazole rings is 1. The predicted molar refractivity (Wildman–Crippen MR) is 101 cm³/mol. The van der Waals surface area contributed by atoms with E-state index in [1.165, 1.54) is 29.0 Å². The number of likely N-dealkylation sites (tertiary alicyclic amines) is 1.